The topological polar surface area (TPSA) is 126 Å². The molecule has 0 spiro atoms. The van der Waals surface area contributed by atoms with Gasteiger partial charge in [0.05, 0.1) is 24.8 Å². The third-order valence-corrected chi connectivity index (χ3v) is 6.42. The molecule has 0 unspecified atom stereocenters. The number of ether oxygens (including phenoxy) is 3. The predicted octanol–water partition coefficient (Wildman–Crippen LogP) is 3.73. The number of nitrogens with one attached hydrogen (secondary N) is 2. The van der Waals surface area contributed by atoms with Crippen LogP contribution in [0.3, 0.4) is 0 Å². The number of likely N-dealkylation sites (N-methyl/N-ethyl adjacent to an activating group) is 1. The zero-order valence-electron chi connectivity index (χ0n) is 24.4. The number of nitrogens with zero attached hydrogens (tertiary/aromatic N) is 6. The van der Waals surface area contributed by atoms with Gasteiger partial charge < -0.3 is 24.0 Å². The summed E-state index contributed by atoms with van der Waals surface area (Å²) in [4.78, 5) is 25.4. The summed E-state index contributed by atoms with van der Waals surface area (Å²) in [6.45, 7) is 4.74. The maximum absolute atomic E-state index is 13.0. The molecule has 4 rings (SSSR count). The summed E-state index contributed by atoms with van der Waals surface area (Å²) in [5, 5.41) is 8.71. The van der Waals surface area contributed by atoms with Crippen molar-refractivity contribution in [3.8, 4) is 11.5 Å². The molecule has 0 radical (unpaired) electrons. The van der Waals surface area contributed by atoms with E-state index >= 15 is 0 Å². The van der Waals surface area contributed by atoms with E-state index in [0.717, 1.165) is 25.2 Å². The van der Waals surface area contributed by atoms with E-state index in [9.17, 15) is 4.79 Å². The molecule has 0 atom stereocenters. The largest absolute Gasteiger partial charge is 0.490 e. The predicted molar refractivity (Wildman–Crippen MR) is 168 cm³/mol. The van der Waals surface area contributed by atoms with Crippen molar-refractivity contribution in [2.75, 3.05) is 56.1 Å². The van der Waals surface area contributed by atoms with Crippen molar-refractivity contribution in [3.63, 3.8) is 0 Å². The molecule has 0 aliphatic carbocycles. The average Bonchev–Trinajstić information content (AvgIpc) is 3.05. The van der Waals surface area contributed by atoms with Gasteiger partial charge in [0, 0.05) is 51.1 Å². The number of aromatic nitrogens is 2. The smallest absolute Gasteiger partial charge is 0.253 e. The first-order valence-electron chi connectivity index (χ1n) is 13.8. The molecule has 226 valence electrons. The Morgan fingerprint density at radius 2 is 1.74 bits per heavy atom. The van der Waals surface area contributed by atoms with Crippen molar-refractivity contribution in [2.45, 2.75) is 13.3 Å². The summed E-state index contributed by atoms with van der Waals surface area (Å²) < 4.78 is 16.2. The molecule has 1 aliphatic heterocycles. The van der Waals surface area contributed by atoms with Crippen LogP contribution in [0.4, 0.5) is 11.4 Å². The summed E-state index contributed by atoms with van der Waals surface area (Å²) in [6, 6.07) is 14.7. The van der Waals surface area contributed by atoms with E-state index in [1.807, 2.05) is 24.3 Å². The molecule has 3 heterocycles. The monoisotopic (exact) mass is 606 g/mol. The van der Waals surface area contributed by atoms with Crippen molar-refractivity contribution in [3.05, 3.63) is 84.7 Å². The fourth-order valence-electron chi connectivity index (χ4n) is 4.07. The highest BCUT2D eigenvalue weighted by Gasteiger charge is 2.20. The first-order valence-corrected chi connectivity index (χ1v) is 14.3. The number of halogens is 1. The van der Waals surface area contributed by atoms with Gasteiger partial charge in [-0.25, -0.2) is 4.98 Å². The summed E-state index contributed by atoms with van der Waals surface area (Å²) in [5.74, 6) is 2.23. The van der Waals surface area contributed by atoms with E-state index in [-0.39, 0.29) is 5.91 Å². The third-order valence-electron chi connectivity index (χ3n) is 6.25. The minimum atomic E-state index is -0.312. The number of methoxy groups -OCH3 is 1. The van der Waals surface area contributed by atoms with E-state index in [1.165, 1.54) is 17.2 Å². The average molecular weight is 607 g/mol. The summed E-state index contributed by atoms with van der Waals surface area (Å²) >= 11 is 5.94. The van der Waals surface area contributed by atoms with Gasteiger partial charge in [0.1, 0.15) is 29.5 Å². The molecule has 3 aromatic rings. The van der Waals surface area contributed by atoms with Crippen LogP contribution in [-0.2, 0) is 9.53 Å². The summed E-state index contributed by atoms with van der Waals surface area (Å²) in [5.41, 5.74) is 8.39. The molecule has 13 heteroatoms. The number of amides is 1. The molecular weight excluding hydrogens is 572 g/mol. The van der Waals surface area contributed by atoms with Crippen molar-refractivity contribution >= 4 is 40.6 Å². The number of pyridine rings is 2. The lowest BCUT2D eigenvalue weighted by atomic mass is 10.2. The number of carbonyl (C=O) groups excluding carboxylic acids is 1. The van der Waals surface area contributed by atoms with E-state index < -0.39 is 0 Å². The Bertz CT molecular complexity index is 1420. The lowest BCUT2D eigenvalue weighted by Crippen LogP contribution is -2.37. The van der Waals surface area contributed by atoms with Crippen LogP contribution in [0, 0.1) is 0 Å². The SMILES string of the molecule is CCCN(CCCl)c1ccc(O/C=C/C(=O)N(C)c2cccnc2C2=NNC(c3ccc(OCCOC)cn3)=NN2)cc1. The first-order chi connectivity index (χ1) is 21.0. The van der Waals surface area contributed by atoms with Crippen LogP contribution in [0.5, 0.6) is 11.5 Å². The second-order valence-corrected chi connectivity index (χ2v) is 9.60. The van der Waals surface area contributed by atoms with E-state index in [2.05, 4.69) is 42.8 Å². The normalized spacial score (nSPS) is 12.6. The standard InChI is InChI=1S/C30H35ClN8O4/c1-4-16-39(17-14-31)22-7-9-23(10-8-22)42-18-13-27(40)38(2)26-6-5-15-32-28(26)30-36-34-29(35-37-30)25-12-11-24(21-33-25)43-20-19-41-3/h5-13,15,18,21H,4,14,16-17,19-20H2,1-3H3,(H,34,35)(H,36,37)/b18-13+. The van der Waals surface area contributed by atoms with Gasteiger partial charge in [-0.3, -0.25) is 20.6 Å². The minimum absolute atomic E-state index is 0.312. The fourth-order valence-corrected chi connectivity index (χ4v) is 4.27. The Morgan fingerprint density at radius 1 is 0.977 bits per heavy atom. The van der Waals surface area contributed by atoms with Crippen LogP contribution in [0.2, 0.25) is 0 Å². The molecule has 2 aromatic heterocycles. The molecule has 1 amide bonds. The molecule has 43 heavy (non-hydrogen) atoms. The van der Waals surface area contributed by atoms with E-state index in [1.54, 1.807) is 50.8 Å². The number of rotatable bonds is 15. The van der Waals surface area contributed by atoms with Gasteiger partial charge in [-0.15, -0.1) is 11.6 Å². The lowest BCUT2D eigenvalue weighted by Gasteiger charge is -2.23. The van der Waals surface area contributed by atoms with Crippen LogP contribution in [0.15, 0.2) is 83.5 Å². The molecule has 2 N–H and O–H groups in total. The highest BCUT2D eigenvalue weighted by Crippen LogP contribution is 2.21. The molecule has 0 saturated heterocycles. The molecule has 0 fully saturated rings. The number of anilines is 2. The maximum atomic E-state index is 13.0. The second kappa shape index (κ2) is 16.1. The van der Waals surface area contributed by atoms with E-state index in [4.69, 9.17) is 25.8 Å². The van der Waals surface area contributed by atoms with Crippen LogP contribution in [0.1, 0.15) is 24.7 Å². The Labute approximate surface area is 256 Å². The van der Waals surface area contributed by atoms with Gasteiger partial charge >= 0.3 is 0 Å². The Kier molecular flexibility index (Phi) is 11.7. The number of hydrogen-bond donors (Lipinski definition) is 2. The van der Waals surface area contributed by atoms with Crippen molar-refractivity contribution in [1.82, 2.24) is 20.8 Å². The summed E-state index contributed by atoms with van der Waals surface area (Å²) in [6.07, 6.45) is 6.95. The van der Waals surface area contributed by atoms with Gasteiger partial charge in [0.2, 0.25) is 0 Å². The third kappa shape index (κ3) is 8.66. The Balaban J connectivity index is 1.36. The van der Waals surface area contributed by atoms with Crippen molar-refractivity contribution < 1.29 is 19.0 Å². The number of hydrazone groups is 2. The lowest BCUT2D eigenvalue weighted by molar-refractivity contribution is -0.114. The molecule has 1 aromatic carbocycles. The van der Waals surface area contributed by atoms with Gasteiger partial charge in [0.15, 0.2) is 11.7 Å². The number of benzene rings is 1. The first kappa shape index (κ1) is 31.3. The number of hydrogen-bond acceptors (Lipinski definition) is 11. The van der Waals surface area contributed by atoms with Gasteiger partial charge in [0.25, 0.3) is 5.91 Å². The minimum Gasteiger partial charge on any atom is -0.490 e. The highest BCUT2D eigenvalue weighted by molar-refractivity contribution is 6.18. The quantitative estimate of drug-likeness (QED) is 0.115. The van der Waals surface area contributed by atoms with E-state index in [0.29, 0.717) is 59.3 Å². The zero-order valence-corrected chi connectivity index (χ0v) is 25.1. The molecule has 0 bridgehead atoms. The van der Waals surface area contributed by atoms with Crippen LogP contribution in [-0.4, -0.2) is 73.9 Å². The maximum Gasteiger partial charge on any atom is 0.253 e. The Morgan fingerprint density at radius 3 is 2.42 bits per heavy atom. The number of alkyl halides is 1. The molecule has 0 saturated carbocycles. The fraction of sp³-hybridized carbons (Fsp3) is 0.300. The molecule has 12 nitrogen and oxygen atoms in total. The number of amidine groups is 2. The van der Waals surface area contributed by atoms with Crippen LogP contribution < -0.4 is 30.1 Å². The molecular formula is C30H35ClN8O4. The summed E-state index contributed by atoms with van der Waals surface area (Å²) in [7, 11) is 3.26. The Hall–Kier alpha value is -4.68. The second-order valence-electron chi connectivity index (χ2n) is 9.22. The number of carbonyl (C=O) groups is 1. The van der Waals surface area contributed by atoms with Crippen molar-refractivity contribution in [2.24, 2.45) is 10.2 Å². The van der Waals surface area contributed by atoms with Crippen LogP contribution >= 0.6 is 11.6 Å². The van der Waals surface area contributed by atoms with Gasteiger partial charge in [-0.2, -0.15) is 10.2 Å². The molecule has 1 aliphatic rings. The van der Waals surface area contributed by atoms with Crippen molar-refractivity contribution in [1.29, 1.82) is 0 Å². The van der Waals surface area contributed by atoms with Crippen LogP contribution in [0.25, 0.3) is 0 Å². The van der Waals surface area contributed by atoms with Gasteiger partial charge in [-0.1, -0.05) is 6.92 Å². The van der Waals surface area contributed by atoms with Gasteiger partial charge in [-0.05, 0) is 55.0 Å². The highest BCUT2D eigenvalue weighted by atomic mass is 35.5. The zero-order chi connectivity index (χ0) is 30.4.